The SMILES string of the molecule is Cc1ccc(C)c(CC(O)C2(N(C)C)CCCCC2)c1. The molecule has 1 N–H and O–H groups in total. The summed E-state index contributed by atoms with van der Waals surface area (Å²) < 4.78 is 0. The van der Waals surface area contributed by atoms with Crippen LogP contribution in [0.15, 0.2) is 18.2 Å². The molecule has 1 fully saturated rings. The van der Waals surface area contributed by atoms with Gasteiger partial charge < -0.3 is 10.0 Å². The second-order valence-corrected chi connectivity index (χ2v) is 6.71. The average molecular weight is 275 g/mol. The Morgan fingerprint density at radius 3 is 2.40 bits per heavy atom. The van der Waals surface area contributed by atoms with Crippen LogP contribution in [0.2, 0.25) is 0 Å². The number of aliphatic hydroxyl groups is 1. The van der Waals surface area contributed by atoms with Crippen LogP contribution in [0.3, 0.4) is 0 Å². The van der Waals surface area contributed by atoms with E-state index in [4.69, 9.17) is 0 Å². The van der Waals surface area contributed by atoms with Crippen LogP contribution < -0.4 is 0 Å². The quantitative estimate of drug-likeness (QED) is 0.909. The lowest BCUT2D eigenvalue weighted by molar-refractivity contribution is -0.0311. The molecule has 1 unspecified atom stereocenters. The number of benzene rings is 1. The first kappa shape index (κ1) is 15.5. The molecule has 112 valence electrons. The second-order valence-electron chi connectivity index (χ2n) is 6.71. The molecule has 1 atom stereocenters. The van der Waals surface area contributed by atoms with Crippen LogP contribution in [0.5, 0.6) is 0 Å². The minimum atomic E-state index is -0.279. The maximum absolute atomic E-state index is 10.9. The van der Waals surface area contributed by atoms with E-state index in [1.165, 1.54) is 36.0 Å². The Hall–Kier alpha value is -0.860. The molecule has 0 bridgehead atoms. The normalized spacial score (nSPS) is 20.1. The first-order valence-electron chi connectivity index (χ1n) is 7.87. The zero-order valence-electron chi connectivity index (χ0n) is 13.4. The van der Waals surface area contributed by atoms with E-state index in [-0.39, 0.29) is 11.6 Å². The van der Waals surface area contributed by atoms with E-state index in [0.29, 0.717) is 0 Å². The molecule has 1 aliphatic carbocycles. The van der Waals surface area contributed by atoms with E-state index < -0.39 is 0 Å². The monoisotopic (exact) mass is 275 g/mol. The highest BCUT2D eigenvalue weighted by molar-refractivity contribution is 5.31. The molecule has 1 aromatic rings. The van der Waals surface area contributed by atoms with Crippen molar-refractivity contribution in [1.29, 1.82) is 0 Å². The zero-order chi connectivity index (χ0) is 14.8. The molecule has 2 heteroatoms. The summed E-state index contributed by atoms with van der Waals surface area (Å²) >= 11 is 0. The van der Waals surface area contributed by atoms with Crippen LogP contribution in [0.25, 0.3) is 0 Å². The molecular formula is C18H29NO. The van der Waals surface area contributed by atoms with Crippen LogP contribution in [0, 0.1) is 13.8 Å². The summed E-state index contributed by atoms with van der Waals surface area (Å²) in [5.41, 5.74) is 3.83. The van der Waals surface area contributed by atoms with Gasteiger partial charge in [0.2, 0.25) is 0 Å². The fourth-order valence-corrected chi connectivity index (χ4v) is 3.66. The summed E-state index contributed by atoms with van der Waals surface area (Å²) in [4.78, 5) is 2.27. The van der Waals surface area contributed by atoms with Crippen molar-refractivity contribution in [3.8, 4) is 0 Å². The third kappa shape index (κ3) is 3.07. The van der Waals surface area contributed by atoms with Gasteiger partial charge in [0.05, 0.1) is 6.10 Å². The Morgan fingerprint density at radius 1 is 1.15 bits per heavy atom. The summed E-state index contributed by atoms with van der Waals surface area (Å²) in [5, 5.41) is 10.9. The standard InChI is InChI=1S/C18H29NO/c1-14-8-9-15(2)16(12-14)13-17(20)18(19(3)4)10-6-5-7-11-18/h8-9,12,17,20H,5-7,10-11,13H2,1-4H3. The maximum atomic E-state index is 10.9. The van der Waals surface area contributed by atoms with Crippen molar-refractivity contribution in [3.63, 3.8) is 0 Å². The van der Waals surface area contributed by atoms with Crippen molar-refractivity contribution in [1.82, 2.24) is 4.90 Å². The van der Waals surface area contributed by atoms with Crippen LogP contribution >= 0.6 is 0 Å². The number of rotatable bonds is 4. The minimum absolute atomic E-state index is 0.0333. The van der Waals surface area contributed by atoms with Crippen molar-refractivity contribution in [3.05, 3.63) is 34.9 Å². The smallest absolute Gasteiger partial charge is 0.0763 e. The Morgan fingerprint density at radius 2 is 1.80 bits per heavy atom. The van der Waals surface area contributed by atoms with Gasteiger partial charge in [-0.1, -0.05) is 43.0 Å². The van der Waals surface area contributed by atoms with E-state index >= 15 is 0 Å². The number of likely N-dealkylation sites (N-methyl/N-ethyl adjacent to an activating group) is 1. The number of nitrogens with zero attached hydrogens (tertiary/aromatic N) is 1. The number of hydrogen-bond acceptors (Lipinski definition) is 2. The van der Waals surface area contributed by atoms with Crippen molar-refractivity contribution >= 4 is 0 Å². The van der Waals surface area contributed by atoms with Crippen molar-refractivity contribution < 1.29 is 5.11 Å². The van der Waals surface area contributed by atoms with Crippen molar-refractivity contribution in [2.75, 3.05) is 14.1 Å². The topological polar surface area (TPSA) is 23.5 Å². The molecule has 1 aliphatic rings. The molecule has 0 radical (unpaired) electrons. The summed E-state index contributed by atoms with van der Waals surface area (Å²) in [7, 11) is 4.25. The van der Waals surface area contributed by atoms with Gasteiger partial charge in [0.15, 0.2) is 0 Å². The Kier molecular flexibility index (Phi) is 4.87. The van der Waals surface area contributed by atoms with Crippen molar-refractivity contribution in [2.45, 2.75) is 64.0 Å². The summed E-state index contributed by atoms with van der Waals surface area (Å²) in [6.45, 7) is 4.27. The average Bonchev–Trinajstić information content (AvgIpc) is 2.43. The van der Waals surface area contributed by atoms with Gasteiger partial charge in [0.25, 0.3) is 0 Å². The predicted octanol–water partition coefficient (Wildman–Crippen LogP) is 3.47. The molecule has 0 saturated heterocycles. The van der Waals surface area contributed by atoms with Crippen LogP contribution in [-0.4, -0.2) is 35.7 Å². The Bertz CT molecular complexity index is 447. The van der Waals surface area contributed by atoms with Gasteiger partial charge in [-0.3, -0.25) is 0 Å². The van der Waals surface area contributed by atoms with E-state index in [1.54, 1.807) is 0 Å². The van der Waals surface area contributed by atoms with E-state index in [0.717, 1.165) is 19.3 Å². The van der Waals surface area contributed by atoms with Crippen LogP contribution in [0.1, 0.15) is 48.8 Å². The number of hydrogen-bond donors (Lipinski definition) is 1. The predicted molar refractivity (Wildman–Crippen MR) is 85.1 cm³/mol. The largest absolute Gasteiger partial charge is 0.391 e. The van der Waals surface area contributed by atoms with Gasteiger partial charge >= 0.3 is 0 Å². The molecule has 1 saturated carbocycles. The molecule has 0 aliphatic heterocycles. The summed E-state index contributed by atoms with van der Waals surface area (Å²) in [6, 6.07) is 6.54. The van der Waals surface area contributed by atoms with Gasteiger partial charge in [-0.05, 0) is 51.9 Å². The molecule has 20 heavy (non-hydrogen) atoms. The number of aliphatic hydroxyl groups excluding tert-OH is 1. The molecule has 0 heterocycles. The highest BCUT2D eigenvalue weighted by atomic mass is 16.3. The molecule has 1 aromatic carbocycles. The molecule has 0 aromatic heterocycles. The fraction of sp³-hybridized carbons (Fsp3) is 0.667. The molecule has 0 spiro atoms. The molecule has 0 amide bonds. The third-order valence-corrected chi connectivity index (χ3v) is 5.15. The van der Waals surface area contributed by atoms with Gasteiger partial charge in [-0.25, -0.2) is 0 Å². The third-order valence-electron chi connectivity index (χ3n) is 5.15. The first-order chi connectivity index (χ1) is 9.45. The van der Waals surface area contributed by atoms with Gasteiger partial charge in [0.1, 0.15) is 0 Å². The molecule has 2 rings (SSSR count). The first-order valence-corrected chi connectivity index (χ1v) is 7.87. The van der Waals surface area contributed by atoms with Gasteiger partial charge in [-0.2, -0.15) is 0 Å². The second kappa shape index (κ2) is 6.28. The fourth-order valence-electron chi connectivity index (χ4n) is 3.66. The molecular weight excluding hydrogens is 246 g/mol. The van der Waals surface area contributed by atoms with Gasteiger partial charge in [0, 0.05) is 12.0 Å². The van der Waals surface area contributed by atoms with E-state index in [2.05, 4.69) is 51.0 Å². The Balaban J connectivity index is 2.20. The van der Waals surface area contributed by atoms with Crippen molar-refractivity contribution in [2.24, 2.45) is 0 Å². The number of aryl methyl sites for hydroxylation is 2. The zero-order valence-corrected chi connectivity index (χ0v) is 13.4. The van der Waals surface area contributed by atoms with E-state index in [9.17, 15) is 5.11 Å². The van der Waals surface area contributed by atoms with Gasteiger partial charge in [-0.15, -0.1) is 0 Å². The minimum Gasteiger partial charge on any atom is -0.391 e. The van der Waals surface area contributed by atoms with Crippen LogP contribution in [0.4, 0.5) is 0 Å². The lowest BCUT2D eigenvalue weighted by atomic mass is 9.74. The molecule has 2 nitrogen and oxygen atoms in total. The summed E-state index contributed by atoms with van der Waals surface area (Å²) in [6.07, 6.45) is 6.51. The highest BCUT2D eigenvalue weighted by Crippen LogP contribution is 2.36. The summed E-state index contributed by atoms with van der Waals surface area (Å²) in [5.74, 6) is 0. The lowest BCUT2D eigenvalue weighted by Crippen LogP contribution is -2.55. The van der Waals surface area contributed by atoms with Crippen LogP contribution in [-0.2, 0) is 6.42 Å². The Labute approximate surface area is 123 Å². The van der Waals surface area contributed by atoms with E-state index in [1.807, 2.05) is 0 Å². The maximum Gasteiger partial charge on any atom is 0.0763 e. The highest BCUT2D eigenvalue weighted by Gasteiger charge is 2.40. The lowest BCUT2D eigenvalue weighted by Gasteiger charge is -2.46.